The Balaban J connectivity index is 2.18. The summed E-state index contributed by atoms with van der Waals surface area (Å²) in [6.45, 7) is 4.52. The summed E-state index contributed by atoms with van der Waals surface area (Å²) in [5.41, 5.74) is 0. The molecule has 1 rings (SSSR count). The average molecular weight is 233 g/mol. The second-order valence-corrected chi connectivity index (χ2v) is 7.17. The smallest absolute Gasteiger partial charge is 0.151 e. The number of hydrogen-bond acceptors (Lipinski definition) is 3. The first-order chi connectivity index (χ1) is 6.99. The van der Waals surface area contributed by atoms with Crippen molar-refractivity contribution >= 4 is 9.84 Å². The minimum atomic E-state index is -2.84. The molecule has 0 aromatic rings. The van der Waals surface area contributed by atoms with Gasteiger partial charge in [-0.1, -0.05) is 26.7 Å². The summed E-state index contributed by atoms with van der Waals surface area (Å²) in [5, 5.41) is 3.33. The second kappa shape index (κ2) is 5.85. The molecule has 0 spiro atoms. The summed E-state index contributed by atoms with van der Waals surface area (Å²) in [7, 11) is -2.84. The third-order valence-corrected chi connectivity index (χ3v) is 4.79. The van der Waals surface area contributed by atoms with E-state index in [9.17, 15) is 8.42 Å². The second-order valence-electron chi connectivity index (χ2n) is 4.94. The highest BCUT2D eigenvalue weighted by molar-refractivity contribution is 7.91. The average Bonchev–Trinajstić information content (AvgIpc) is 2.53. The lowest BCUT2D eigenvalue weighted by molar-refractivity contribution is 0.534. The van der Waals surface area contributed by atoms with Crippen molar-refractivity contribution in [2.24, 2.45) is 5.92 Å². The van der Waals surface area contributed by atoms with Crippen LogP contribution in [-0.4, -0.2) is 32.5 Å². The molecular weight excluding hydrogens is 210 g/mol. The quantitative estimate of drug-likeness (QED) is 0.758. The molecular formula is C11H23NO2S. The zero-order chi connectivity index (χ0) is 11.3. The number of sulfone groups is 1. The fraction of sp³-hybridized carbons (Fsp3) is 1.00. The molecule has 15 heavy (non-hydrogen) atoms. The monoisotopic (exact) mass is 233 g/mol. The molecule has 0 aromatic carbocycles. The van der Waals surface area contributed by atoms with E-state index in [4.69, 9.17) is 0 Å². The molecule has 4 heteroatoms. The van der Waals surface area contributed by atoms with Crippen molar-refractivity contribution in [2.75, 3.05) is 18.1 Å². The van der Waals surface area contributed by atoms with E-state index in [1.165, 1.54) is 25.7 Å². The van der Waals surface area contributed by atoms with Crippen LogP contribution in [0.25, 0.3) is 0 Å². The van der Waals surface area contributed by atoms with Crippen LogP contribution in [0.2, 0.25) is 0 Å². The molecule has 1 saturated carbocycles. The van der Waals surface area contributed by atoms with Crippen molar-refractivity contribution in [1.82, 2.24) is 5.32 Å². The molecule has 0 saturated heterocycles. The molecule has 3 nitrogen and oxygen atoms in total. The maximum absolute atomic E-state index is 11.6. The van der Waals surface area contributed by atoms with Crippen LogP contribution in [-0.2, 0) is 9.84 Å². The van der Waals surface area contributed by atoms with Crippen molar-refractivity contribution in [3.8, 4) is 0 Å². The molecule has 0 unspecified atom stereocenters. The molecule has 1 aliphatic carbocycles. The molecule has 1 fully saturated rings. The number of nitrogens with one attached hydrogen (secondary N) is 1. The maximum atomic E-state index is 11.6. The SMILES string of the molecule is CC(C)CS(=O)(=O)CCNC1CCCC1. The summed E-state index contributed by atoms with van der Waals surface area (Å²) >= 11 is 0. The molecule has 1 N–H and O–H groups in total. The van der Waals surface area contributed by atoms with E-state index in [1.807, 2.05) is 13.8 Å². The first kappa shape index (κ1) is 13.0. The molecule has 0 atom stereocenters. The Morgan fingerprint density at radius 2 is 1.87 bits per heavy atom. The van der Waals surface area contributed by atoms with Crippen LogP contribution in [0.3, 0.4) is 0 Å². The van der Waals surface area contributed by atoms with Gasteiger partial charge in [-0.15, -0.1) is 0 Å². The van der Waals surface area contributed by atoms with Gasteiger partial charge in [0.15, 0.2) is 9.84 Å². The van der Waals surface area contributed by atoms with Crippen LogP contribution in [0.5, 0.6) is 0 Å². The summed E-state index contributed by atoms with van der Waals surface area (Å²) in [4.78, 5) is 0. The van der Waals surface area contributed by atoms with Crippen LogP contribution < -0.4 is 5.32 Å². The van der Waals surface area contributed by atoms with E-state index in [1.54, 1.807) is 0 Å². The van der Waals surface area contributed by atoms with Gasteiger partial charge in [-0.05, 0) is 18.8 Å². The molecule has 90 valence electrons. The van der Waals surface area contributed by atoms with Gasteiger partial charge in [-0.3, -0.25) is 0 Å². The van der Waals surface area contributed by atoms with Crippen molar-refractivity contribution in [3.05, 3.63) is 0 Å². The first-order valence-electron chi connectivity index (χ1n) is 5.93. The molecule has 0 heterocycles. The molecule has 0 amide bonds. The van der Waals surface area contributed by atoms with Gasteiger partial charge in [0, 0.05) is 12.6 Å². The third kappa shape index (κ3) is 5.52. The van der Waals surface area contributed by atoms with E-state index in [2.05, 4.69) is 5.32 Å². The Bertz CT molecular complexity index is 266. The highest BCUT2D eigenvalue weighted by Crippen LogP contribution is 2.17. The van der Waals surface area contributed by atoms with Gasteiger partial charge in [0.05, 0.1) is 11.5 Å². The standard InChI is InChI=1S/C11H23NO2S/c1-10(2)9-15(13,14)8-7-12-11-5-3-4-6-11/h10-12H,3-9H2,1-2H3. The maximum Gasteiger partial charge on any atom is 0.151 e. The zero-order valence-electron chi connectivity index (χ0n) is 9.83. The highest BCUT2D eigenvalue weighted by Gasteiger charge is 2.16. The van der Waals surface area contributed by atoms with Crippen LogP contribution in [0.1, 0.15) is 39.5 Å². The minimum Gasteiger partial charge on any atom is -0.313 e. The van der Waals surface area contributed by atoms with Crippen LogP contribution >= 0.6 is 0 Å². The molecule has 0 aliphatic heterocycles. The Labute approximate surface area is 93.6 Å². The van der Waals surface area contributed by atoms with Gasteiger partial charge in [-0.25, -0.2) is 8.42 Å². The molecule has 0 aromatic heterocycles. The van der Waals surface area contributed by atoms with Gasteiger partial charge in [0.2, 0.25) is 0 Å². The van der Waals surface area contributed by atoms with Gasteiger partial charge in [0.1, 0.15) is 0 Å². The number of hydrogen-bond donors (Lipinski definition) is 1. The van der Waals surface area contributed by atoms with Crippen molar-refractivity contribution in [2.45, 2.75) is 45.6 Å². The fourth-order valence-corrected chi connectivity index (χ4v) is 3.75. The Hall–Kier alpha value is -0.0900. The van der Waals surface area contributed by atoms with E-state index in [-0.39, 0.29) is 5.92 Å². The summed E-state index contributed by atoms with van der Waals surface area (Å²) in [6, 6.07) is 0.569. The predicted molar refractivity (Wildman–Crippen MR) is 63.8 cm³/mol. The van der Waals surface area contributed by atoms with Crippen LogP contribution in [0, 0.1) is 5.92 Å². The van der Waals surface area contributed by atoms with Crippen LogP contribution in [0.15, 0.2) is 0 Å². The fourth-order valence-electron chi connectivity index (χ4n) is 2.14. The van der Waals surface area contributed by atoms with E-state index in [0.717, 1.165) is 0 Å². The van der Waals surface area contributed by atoms with Crippen LogP contribution in [0.4, 0.5) is 0 Å². The van der Waals surface area contributed by atoms with Gasteiger partial charge >= 0.3 is 0 Å². The van der Waals surface area contributed by atoms with Gasteiger partial charge in [-0.2, -0.15) is 0 Å². The highest BCUT2D eigenvalue weighted by atomic mass is 32.2. The lowest BCUT2D eigenvalue weighted by Gasteiger charge is -2.12. The number of rotatable bonds is 6. The topological polar surface area (TPSA) is 46.2 Å². The van der Waals surface area contributed by atoms with Crippen molar-refractivity contribution < 1.29 is 8.42 Å². The normalized spacial score (nSPS) is 18.9. The first-order valence-corrected chi connectivity index (χ1v) is 7.75. The minimum absolute atomic E-state index is 0.237. The summed E-state index contributed by atoms with van der Waals surface area (Å²) in [5.74, 6) is 0.850. The predicted octanol–water partition coefficient (Wildman–Crippen LogP) is 1.59. The lowest BCUT2D eigenvalue weighted by atomic mass is 10.2. The van der Waals surface area contributed by atoms with Gasteiger partial charge in [0.25, 0.3) is 0 Å². The Morgan fingerprint density at radius 3 is 2.40 bits per heavy atom. The molecule has 1 aliphatic rings. The largest absolute Gasteiger partial charge is 0.313 e. The Morgan fingerprint density at radius 1 is 1.27 bits per heavy atom. The lowest BCUT2D eigenvalue weighted by Crippen LogP contribution is -2.32. The van der Waals surface area contributed by atoms with E-state index in [0.29, 0.717) is 24.1 Å². The Kier molecular flexibility index (Phi) is 5.06. The summed E-state index contributed by atoms with van der Waals surface area (Å²) < 4.78 is 23.1. The van der Waals surface area contributed by atoms with Crippen molar-refractivity contribution in [1.29, 1.82) is 0 Å². The molecule has 0 radical (unpaired) electrons. The van der Waals surface area contributed by atoms with E-state index >= 15 is 0 Å². The third-order valence-electron chi connectivity index (χ3n) is 2.79. The van der Waals surface area contributed by atoms with E-state index < -0.39 is 9.84 Å². The molecule has 0 bridgehead atoms. The summed E-state index contributed by atoms with van der Waals surface area (Å²) in [6.07, 6.45) is 5.00. The van der Waals surface area contributed by atoms with Crippen molar-refractivity contribution in [3.63, 3.8) is 0 Å². The zero-order valence-corrected chi connectivity index (χ0v) is 10.6. The van der Waals surface area contributed by atoms with Gasteiger partial charge < -0.3 is 5.32 Å².